The lowest BCUT2D eigenvalue weighted by Gasteiger charge is -2.50. The molecular weight excluding hydrogens is 357 g/mol. The fourth-order valence-electron chi connectivity index (χ4n) is 3.96. The molecule has 1 aromatic rings. The molecule has 0 bridgehead atoms. The van der Waals surface area contributed by atoms with E-state index in [9.17, 15) is 17.9 Å². The lowest BCUT2D eigenvalue weighted by atomic mass is 9.76. The normalized spacial score (nSPS) is 28.3. The molecule has 26 heavy (non-hydrogen) atoms. The van der Waals surface area contributed by atoms with Gasteiger partial charge in [-0.15, -0.1) is 0 Å². The van der Waals surface area contributed by atoms with E-state index in [0.29, 0.717) is 32.5 Å². The van der Waals surface area contributed by atoms with Crippen molar-refractivity contribution in [1.29, 1.82) is 0 Å². The van der Waals surface area contributed by atoms with Crippen molar-refractivity contribution < 1.29 is 17.9 Å². The Morgan fingerprint density at radius 2 is 2.00 bits per heavy atom. The van der Waals surface area contributed by atoms with E-state index in [1.807, 2.05) is 6.07 Å². The first-order valence-electron chi connectivity index (χ1n) is 9.07. The topological polar surface area (TPSA) is 64.1 Å². The molecule has 0 amide bonds. The van der Waals surface area contributed by atoms with Gasteiger partial charge in [-0.05, 0) is 37.0 Å². The molecule has 2 aliphatic heterocycles. The predicted molar refractivity (Wildman–Crippen MR) is 98.4 cm³/mol. The predicted octanol–water partition coefficient (Wildman–Crippen LogP) is 0.933. The van der Waals surface area contributed by atoms with E-state index < -0.39 is 15.8 Å². The molecular formula is C18H28FN3O3S. The summed E-state index contributed by atoms with van der Waals surface area (Å²) in [5, 5.41) is 10.9. The number of benzene rings is 1. The average Bonchev–Trinajstić information content (AvgIpc) is 2.59. The summed E-state index contributed by atoms with van der Waals surface area (Å²) >= 11 is 0. The number of hydrogen-bond donors (Lipinski definition) is 1. The van der Waals surface area contributed by atoms with Gasteiger partial charge in [0.2, 0.25) is 0 Å². The van der Waals surface area contributed by atoms with Crippen LogP contribution in [0, 0.1) is 11.7 Å². The summed E-state index contributed by atoms with van der Waals surface area (Å²) in [5.74, 6) is -0.334. The summed E-state index contributed by atoms with van der Waals surface area (Å²) in [6, 6.07) is 6.61. The molecule has 2 aliphatic rings. The SMILES string of the molecule is CN(C)S(=O)(=O)N1CC[C@]2(O)CCN(CCc3cccc(F)c3)C[C@@H]2C1. The van der Waals surface area contributed by atoms with Crippen LogP contribution in [-0.4, -0.2) is 79.5 Å². The van der Waals surface area contributed by atoms with Gasteiger partial charge in [0.05, 0.1) is 5.60 Å². The van der Waals surface area contributed by atoms with Crippen molar-refractivity contribution in [2.24, 2.45) is 5.92 Å². The molecule has 0 aromatic heterocycles. The highest BCUT2D eigenvalue weighted by molar-refractivity contribution is 7.86. The maximum Gasteiger partial charge on any atom is 0.281 e. The van der Waals surface area contributed by atoms with Crippen LogP contribution in [0.1, 0.15) is 18.4 Å². The van der Waals surface area contributed by atoms with Crippen LogP contribution in [0.3, 0.4) is 0 Å². The van der Waals surface area contributed by atoms with Crippen LogP contribution in [0.4, 0.5) is 4.39 Å². The molecule has 0 aliphatic carbocycles. The first-order chi connectivity index (χ1) is 12.2. The van der Waals surface area contributed by atoms with Crippen molar-refractivity contribution >= 4 is 10.2 Å². The molecule has 3 rings (SSSR count). The van der Waals surface area contributed by atoms with Gasteiger partial charge in [0.15, 0.2) is 0 Å². The van der Waals surface area contributed by atoms with Crippen LogP contribution in [0.15, 0.2) is 24.3 Å². The van der Waals surface area contributed by atoms with Crippen molar-refractivity contribution in [3.8, 4) is 0 Å². The van der Waals surface area contributed by atoms with Crippen LogP contribution in [0.25, 0.3) is 0 Å². The molecule has 6 nitrogen and oxygen atoms in total. The van der Waals surface area contributed by atoms with E-state index >= 15 is 0 Å². The zero-order valence-corrected chi connectivity index (χ0v) is 16.3. The average molecular weight is 386 g/mol. The number of piperidine rings is 2. The molecule has 2 saturated heterocycles. The third-order valence-electron chi connectivity index (χ3n) is 5.71. The van der Waals surface area contributed by atoms with E-state index in [1.54, 1.807) is 12.1 Å². The Hall–Kier alpha value is -1.06. The van der Waals surface area contributed by atoms with E-state index in [1.165, 1.54) is 28.8 Å². The van der Waals surface area contributed by atoms with Crippen LogP contribution in [0.2, 0.25) is 0 Å². The summed E-state index contributed by atoms with van der Waals surface area (Å²) in [6.45, 7) is 2.91. The van der Waals surface area contributed by atoms with Crippen molar-refractivity contribution in [2.75, 3.05) is 46.8 Å². The van der Waals surface area contributed by atoms with Gasteiger partial charge in [-0.2, -0.15) is 17.0 Å². The zero-order chi connectivity index (χ0) is 18.9. The van der Waals surface area contributed by atoms with Crippen LogP contribution >= 0.6 is 0 Å². The fraction of sp³-hybridized carbons (Fsp3) is 0.667. The minimum Gasteiger partial charge on any atom is -0.389 e. The molecule has 146 valence electrons. The molecule has 2 heterocycles. The first kappa shape index (κ1) is 19.7. The third kappa shape index (κ3) is 4.09. The maximum atomic E-state index is 13.3. The van der Waals surface area contributed by atoms with Gasteiger partial charge < -0.3 is 10.0 Å². The highest BCUT2D eigenvalue weighted by Gasteiger charge is 2.47. The minimum atomic E-state index is -3.46. The Kier molecular flexibility index (Phi) is 5.69. The Balaban J connectivity index is 1.63. The van der Waals surface area contributed by atoms with E-state index in [2.05, 4.69) is 4.90 Å². The largest absolute Gasteiger partial charge is 0.389 e. The van der Waals surface area contributed by atoms with Gasteiger partial charge in [-0.1, -0.05) is 12.1 Å². The number of fused-ring (bicyclic) bond motifs is 1. The molecule has 0 spiro atoms. The van der Waals surface area contributed by atoms with Gasteiger partial charge >= 0.3 is 0 Å². The second-order valence-corrected chi connectivity index (χ2v) is 9.77. The van der Waals surface area contributed by atoms with Crippen molar-refractivity contribution in [3.05, 3.63) is 35.6 Å². The van der Waals surface area contributed by atoms with Crippen molar-refractivity contribution in [3.63, 3.8) is 0 Å². The Morgan fingerprint density at radius 3 is 2.69 bits per heavy atom. The molecule has 8 heteroatoms. The molecule has 0 radical (unpaired) electrons. The number of nitrogens with zero attached hydrogens (tertiary/aromatic N) is 3. The molecule has 2 atom stereocenters. The highest BCUT2D eigenvalue weighted by atomic mass is 32.2. The van der Waals surface area contributed by atoms with E-state index in [4.69, 9.17) is 0 Å². The van der Waals surface area contributed by atoms with Gasteiger partial charge in [0, 0.05) is 52.7 Å². The number of aliphatic hydroxyl groups is 1. The molecule has 1 N–H and O–H groups in total. The number of likely N-dealkylation sites (tertiary alicyclic amines) is 1. The second-order valence-electron chi connectivity index (χ2n) is 7.63. The Labute approximate surface area is 155 Å². The minimum absolute atomic E-state index is 0.104. The van der Waals surface area contributed by atoms with E-state index in [0.717, 1.165) is 25.1 Å². The lowest BCUT2D eigenvalue weighted by Crippen LogP contribution is -2.61. The summed E-state index contributed by atoms with van der Waals surface area (Å²) < 4.78 is 40.8. The summed E-state index contributed by atoms with van der Waals surface area (Å²) in [6.07, 6.45) is 1.86. The molecule has 2 fully saturated rings. The fourth-order valence-corrected chi connectivity index (χ4v) is 5.12. The van der Waals surface area contributed by atoms with Crippen LogP contribution in [0.5, 0.6) is 0 Å². The van der Waals surface area contributed by atoms with Crippen molar-refractivity contribution in [1.82, 2.24) is 13.5 Å². The van der Waals surface area contributed by atoms with Gasteiger partial charge in [0.1, 0.15) is 5.82 Å². The zero-order valence-electron chi connectivity index (χ0n) is 15.4. The number of hydrogen-bond acceptors (Lipinski definition) is 4. The Morgan fingerprint density at radius 1 is 1.27 bits per heavy atom. The lowest BCUT2D eigenvalue weighted by molar-refractivity contribution is -0.101. The van der Waals surface area contributed by atoms with E-state index in [-0.39, 0.29) is 11.7 Å². The number of rotatable bonds is 5. The van der Waals surface area contributed by atoms with Gasteiger partial charge in [-0.25, -0.2) is 4.39 Å². The molecule has 0 unspecified atom stereocenters. The smallest absolute Gasteiger partial charge is 0.281 e. The Bertz CT molecular complexity index is 743. The third-order valence-corrected chi connectivity index (χ3v) is 7.62. The summed E-state index contributed by atoms with van der Waals surface area (Å²) in [5.41, 5.74) is 0.166. The quantitative estimate of drug-likeness (QED) is 0.819. The maximum absolute atomic E-state index is 13.3. The van der Waals surface area contributed by atoms with Gasteiger partial charge in [0.25, 0.3) is 10.2 Å². The van der Waals surface area contributed by atoms with Crippen LogP contribution < -0.4 is 0 Å². The summed E-state index contributed by atoms with van der Waals surface area (Å²) in [7, 11) is -0.399. The van der Waals surface area contributed by atoms with Gasteiger partial charge in [-0.3, -0.25) is 0 Å². The number of halogens is 1. The molecule has 1 aromatic carbocycles. The molecule has 0 saturated carbocycles. The standard InChI is InChI=1S/C18H28FN3O3S/c1-20(2)26(24,25)22-11-8-18(23)7-10-21(13-16(18)14-22)9-6-15-4-3-5-17(19)12-15/h3-5,12,16,23H,6-11,13-14H2,1-2H3/t16-,18-/m1/s1. The van der Waals surface area contributed by atoms with Crippen LogP contribution in [-0.2, 0) is 16.6 Å². The monoisotopic (exact) mass is 385 g/mol. The first-order valence-corrected chi connectivity index (χ1v) is 10.5. The second kappa shape index (κ2) is 7.52. The summed E-state index contributed by atoms with van der Waals surface area (Å²) in [4.78, 5) is 2.25. The van der Waals surface area contributed by atoms with Crippen molar-refractivity contribution in [2.45, 2.75) is 24.9 Å². The highest BCUT2D eigenvalue weighted by Crippen LogP contribution is 2.36.